The lowest BCUT2D eigenvalue weighted by Gasteiger charge is -2.02. The first kappa shape index (κ1) is 14.0. The number of nitrogens with zero attached hydrogens (tertiary/aromatic N) is 2. The van der Waals surface area contributed by atoms with Crippen molar-refractivity contribution < 1.29 is 13.2 Å². The molecule has 0 atom stereocenters. The van der Waals surface area contributed by atoms with Crippen molar-refractivity contribution in [1.82, 2.24) is 9.78 Å². The van der Waals surface area contributed by atoms with E-state index in [2.05, 4.69) is 5.10 Å². The molecule has 0 spiro atoms. The smallest absolute Gasteiger partial charge is 0.272 e. The zero-order valence-corrected chi connectivity index (χ0v) is 9.52. The minimum Gasteiger partial charge on any atom is -0.272 e. The van der Waals surface area contributed by atoms with Crippen LogP contribution in [0.15, 0.2) is 6.20 Å². The van der Waals surface area contributed by atoms with E-state index >= 15 is 0 Å². The number of halogens is 3. The van der Waals surface area contributed by atoms with E-state index in [9.17, 15) is 13.2 Å². The van der Waals surface area contributed by atoms with Crippen LogP contribution in [0.4, 0.5) is 13.2 Å². The van der Waals surface area contributed by atoms with Crippen LogP contribution in [0.25, 0.3) is 0 Å². The van der Waals surface area contributed by atoms with Crippen molar-refractivity contribution in [2.75, 3.05) is 0 Å². The van der Waals surface area contributed by atoms with Gasteiger partial charge in [-0.25, -0.2) is 0 Å². The molecule has 0 saturated carbocycles. The Morgan fingerprint density at radius 2 is 1.87 bits per heavy atom. The molecule has 1 aromatic rings. The van der Waals surface area contributed by atoms with Crippen LogP contribution in [0.5, 0.6) is 0 Å². The molecule has 2 nitrogen and oxygen atoms in total. The lowest BCUT2D eigenvalue weighted by atomic mass is 10.3. The lowest BCUT2D eigenvalue weighted by molar-refractivity contribution is -0.141. The van der Waals surface area contributed by atoms with Crippen molar-refractivity contribution in [3.8, 4) is 0 Å². The average Bonchev–Trinajstić information content (AvgIpc) is 2.50. The van der Waals surface area contributed by atoms with E-state index in [1.807, 2.05) is 20.8 Å². The van der Waals surface area contributed by atoms with Crippen molar-refractivity contribution in [1.29, 1.82) is 0 Å². The molecule has 0 aliphatic rings. The van der Waals surface area contributed by atoms with Crippen molar-refractivity contribution in [2.45, 2.75) is 46.8 Å². The van der Waals surface area contributed by atoms with E-state index in [4.69, 9.17) is 0 Å². The molecular weight excluding hydrogens is 205 g/mol. The van der Waals surface area contributed by atoms with Crippen LogP contribution in [-0.2, 0) is 12.7 Å². The Balaban J connectivity index is 0.000000921. The van der Waals surface area contributed by atoms with Gasteiger partial charge in [0, 0.05) is 12.7 Å². The Bertz CT molecular complexity index is 289. The summed E-state index contributed by atoms with van der Waals surface area (Å²) in [6.45, 7) is 7.84. The summed E-state index contributed by atoms with van der Waals surface area (Å²) in [5.74, 6) is 0. The van der Waals surface area contributed by atoms with Gasteiger partial charge in [0.15, 0.2) is 5.69 Å². The minimum absolute atomic E-state index is 0.181. The van der Waals surface area contributed by atoms with Crippen LogP contribution in [0.3, 0.4) is 0 Å². The number of aromatic nitrogens is 2. The number of aryl methyl sites for hydroxylation is 2. The summed E-state index contributed by atoms with van der Waals surface area (Å²) >= 11 is 0. The van der Waals surface area contributed by atoms with Gasteiger partial charge in [-0.15, -0.1) is 0 Å². The Hall–Kier alpha value is -1.00. The molecule has 0 fully saturated rings. The molecular formula is C10H17F3N2. The van der Waals surface area contributed by atoms with Crippen LogP contribution in [0.2, 0.25) is 0 Å². The summed E-state index contributed by atoms with van der Waals surface area (Å²) in [5.41, 5.74) is -0.595. The zero-order valence-electron chi connectivity index (χ0n) is 9.52. The first-order chi connectivity index (χ1) is 6.95. The monoisotopic (exact) mass is 222 g/mol. The predicted octanol–water partition coefficient (Wildman–Crippen LogP) is 3.65. The highest BCUT2D eigenvalue weighted by Gasteiger charge is 2.35. The predicted molar refractivity (Wildman–Crippen MR) is 53.6 cm³/mol. The molecule has 1 heterocycles. The minimum atomic E-state index is -4.33. The van der Waals surface area contributed by atoms with Crippen LogP contribution in [0, 0.1) is 6.92 Å². The third-order valence-electron chi connectivity index (χ3n) is 1.67. The first-order valence-corrected chi connectivity index (χ1v) is 5.06. The lowest BCUT2D eigenvalue weighted by Crippen LogP contribution is -2.09. The number of rotatable bonds is 2. The summed E-state index contributed by atoms with van der Waals surface area (Å²) in [6, 6.07) is 0. The van der Waals surface area contributed by atoms with Crippen molar-refractivity contribution in [3.63, 3.8) is 0 Å². The molecule has 0 amide bonds. The Morgan fingerprint density at radius 1 is 1.33 bits per heavy atom. The average molecular weight is 222 g/mol. The van der Waals surface area contributed by atoms with Gasteiger partial charge in [0.2, 0.25) is 0 Å². The molecule has 0 N–H and O–H groups in total. The number of hydrogen-bond donors (Lipinski definition) is 0. The SMILES string of the molecule is CC.CCCn1cc(C)c(C(F)(F)F)n1. The third-order valence-corrected chi connectivity index (χ3v) is 1.67. The maximum atomic E-state index is 12.2. The second-order valence-electron chi connectivity index (χ2n) is 2.92. The Kier molecular flexibility index (Phi) is 5.39. The van der Waals surface area contributed by atoms with Crippen molar-refractivity contribution in [3.05, 3.63) is 17.5 Å². The van der Waals surface area contributed by atoms with Gasteiger partial charge in [0.25, 0.3) is 0 Å². The molecule has 0 radical (unpaired) electrons. The highest BCUT2D eigenvalue weighted by Crippen LogP contribution is 2.30. The third kappa shape index (κ3) is 3.93. The second kappa shape index (κ2) is 5.78. The van der Waals surface area contributed by atoms with Gasteiger partial charge < -0.3 is 0 Å². The van der Waals surface area contributed by atoms with Gasteiger partial charge in [-0.1, -0.05) is 20.8 Å². The fraction of sp³-hybridized carbons (Fsp3) is 0.700. The fourth-order valence-electron chi connectivity index (χ4n) is 1.14. The van der Waals surface area contributed by atoms with Crippen molar-refractivity contribution >= 4 is 0 Å². The molecule has 1 rings (SSSR count). The number of alkyl halides is 3. The number of hydrogen-bond acceptors (Lipinski definition) is 1. The molecule has 88 valence electrons. The molecule has 0 aliphatic carbocycles. The summed E-state index contributed by atoms with van der Waals surface area (Å²) in [5, 5.41) is 3.46. The topological polar surface area (TPSA) is 17.8 Å². The second-order valence-corrected chi connectivity index (χ2v) is 2.92. The normalized spacial score (nSPS) is 10.9. The molecule has 1 aromatic heterocycles. The fourth-order valence-corrected chi connectivity index (χ4v) is 1.14. The van der Waals surface area contributed by atoms with Gasteiger partial charge in [-0.05, 0) is 18.9 Å². The summed E-state index contributed by atoms with van der Waals surface area (Å²) in [6.07, 6.45) is -2.13. The summed E-state index contributed by atoms with van der Waals surface area (Å²) < 4.78 is 38.0. The quantitative estimate of drug-likeness (QED) is 0.746. The summed E-state index contributed by atoms with van der Waals surface area (Å²) in [7, 11) is 0. The van der Waals surface area contributed by atoms with Crippen LogP contribution < -0.4 is 0 Å². The summed E-state index contributed by atoms with van der Waals surface area (Å²) in [4.78, 5) is 0. The van der Waals surface area contributed by atoms with Gasteiger partial charge in [-0.3, -0.25) is 4.68 Å². The van der Waals surface area contributed by atoms with E-state index < -0.39 is 11.9 Å². The van der Waals surface area contributed by atoms with E-state index in [1.54, 1.807) is 0 Å². The Morgan fingerprint density at radius 3 is 2.20 bits per heavy atom. The highest BCUT2D eigenvalue weighted by molar-refractivity contribution is 5.17. The first-order valence-electron chi connectivity index (χ1n) is 5.06. The van der Waals surface area contributed by atoms with E-state index in [1.165, 1.54) is 17.8 Å². The van der Waals surface area contributed by atoms with E-state index in [0.717, 1.165) is 6.42 Å². The van der Waals surface area contributed by atoms with Gasteiger partial charge in [-0.2, -0.15) is 18.3 Å². The van der Waals surface area contributed by atoms with Crippen molar-refractivity contribution in [2.24, 2.45) is 0 Å². The van der Waals surface area contributed by atoms with Gasteiger partial charge >= 0.3 is 6.18 Å². The van der Waals surface area contributed by atoms with Crippen LogP contribution in [0.1, 0.15) is 38.4 Å². The van der Waals surface area contributed by atoms with Crippen LogP contribution in [-0.4, -0.2) is 9.78 Å². The van der Waals surface area contributed by atoms with E-state index in [-0.39, 0.29) is 5.56 Å². The van der Waals surface area contributed by atoms with Gasteiger partial charge in [0.05, 0.1) is 0 Å². The van der Waals surface area contributed by atoms with E-state index in [0.29, 0.717) is 6.54 Å². The zero-order chi connectivity index (χ0) is 12.1. The maximum absolute atomic E-state index is 12.2. The molecule has 0 aromatic carbocycles. The Labute approximate surface area is 88.1 Å². The highest BCUT2D eigenvalue weighted by atomic mass is 19.4. The molecule has 15 heavy (non-hydrogen) atoms. The molecule has 0 unspecified atom stereocenters. The largest absolute Gasteiger partial charge is 0.435 e. The van der Waals surface area contributed by atoms with Gasteiger partial charge in [0.1, 0.15) is 0 Å². The molecule has 0 aliphatic heterocycles. The van der Waals surface area contributed by atoms with Crippen LogP contribution >= 0.6 is 0 Å². The molecule has 0 saturated heterocycles. The molecule has 5 heteroatoms. The maximum Gasteiger partial charge on any atom is 0.435 e. The molecule has 0 bridgehead atoms. The standard InChI is InChI=1S/C8H11F3N2.C2H6/c1-3-4-13-5-6(2)7(12-13)8(9,10)11;1-2/h5H,3-4H2,1-2H3;1-2H3.